The molecule has 1 atom stereocenters. The summed E-state index contributed by atoms with van der Waals surface area (Å²) in [5.74, 6) is 0.163. The molecule has 2 nitrogen and oxygen atoms in total. The van der Waals surface area contributed by atoms with Gasteiger partial charge in [0.2, 0.25) is 0 Å². The minimum Gasteiger partial charge on any atom is -0.338 e. The zero-order chi connectivity index (χ0) is 10.7. The van der Waals surface area contributed by atoms with Crippen molar-refractivity contribution in [1.29, 1.82) is 0 Å². The Bertz CT molecular complexity index is 325. The Morgan fingerprint density at radius 2 is 2.33 bits per heavy atom. The van der Waals surface area contributed by atoms with Crippen LogP contribution >= 0.6 is 22.9 Å². The molecule has 1 aliphatic rings. The van der Waals surface area contributed by atoms with Crippen LogP contribution in [0.3, 0.4) is 0 Å². The van der Waals surface area contributed by atoms with E-state index in [1.165, 1.54) is 11.3 Å². The Hall–Kier alpha value is -0.540. The topological polar surface area (TPSA) is 20.3 Å². The second-order valence-corrected chi connectivity index (χ2v) is 5.36. The lowest BCUT2D eigenvalue weighted by Crippen LogP contribution is -2.31. The highest BCUT2D eigenvalue weighted by Gasteiger charge is 2.20. The normalized spacial score (nSPS) is 22.5. The number of amides is 1. The van der Waals surface area contributed by atoms with E-state index in [0.29, 0.717) is 0 Å². The van der Waals surface area contributed by atoms with Crippen molar-refractivity contribution < 1.29 is 4.79 Å². The molecule has 1 aliphatic heterocycles. The molecule has 1 amide bonds. The lowest BCUT2D eigenvalue weighted by molar-refractivity contribution is 0.0766. The Labute approximate surface area is 98.8 Å². The molecular weight excluding hydrogens is 230 g/mol. The Morgan fingerprint density at radius 1 is 1.47 bits per heavy atom. The number of alkyl halides is 1. The number of halogens is 1. The van der Waals surface area contributed by atoms with Crippen LogP contribution < -0.4 is 0 Å². The fraction of sp³-hybridized carbons (Fsp3) is 0.545. The van der Waals surface area contributed by atoms with Crippen molar-refractivity contribution >= 4 is 28.8 Å². The molecule has 1 unspecified atom stereocenters. The van der Waals surface area contributed by atoms with Crippen LogP contribution in [-0.4, -0.2) is 29.3 Å². The SMILES string of the molecule is O=C(c1cccs1)N1CCCC(Cl)CC1. The third kappa shape index (κ3) is 2.73. The molecule has 1 fully saturated rings. The van der Waals surface area contributed by atoms with Crippen molar-refractivity contribution in [3.63, 3.8) is 0 Å². The molecule has 1 aromatic rings. The molecule has 0 radical (unpaired) electrons. The first-order chi connectivity index (χ1) is 7.27. The molecule has 0 N–H and O–H groups in total. The molecule has 0 spiro atoms. The van der Waals surface area contributed by atoms with Crippen molar-refractivity contribution in [1.82, 2.24) is 4.90 Å². The minimum atomic E-state index is 0.163. The first-order valence-electron chi connectivity index (χ1n) is 5.24. The summed E-state index contributed by atoms with van der Waals surface area (Å²) in [5, 5.41) is 2.18. The summed E-state index contributed by atoms with van der Waals surface area (Å²) in [5.41, 5.74) is 0. The van der Waals surface area contributed by atoms with Gasteiger partial charge in [0.25, 0.3) is 5.91 Å². The maximum atomic E-state index is 12.0. The van der Waals surface area contributed by atoms with Gasteiger partial charge < -0.3 is 4.90 Å². The van der Waals surface area contributed by atoms with Crippen LogP contribution in [0.1, 0.15) is 28.9 Å². The van der Waals surface area contributed by atoms with Crippen molar-refractivity contribution in [2.24, 2.45) is 0 Å². The first-order valence-corrected chi connectivity index (χ1v) is 6.56. The third-order valence-corrected chi connectivity index (χ3v) is 3.97. The number of hydrogen-bond acceptors (Lipinski definition) is 2. The highest BCUT2D eigenvalue weighted by molar-refractivity contribution is 7.12. The molecule has 1 aromatic heterocycles. The lowest BCUT2D eigenvalue weighted by atomic mass is 10.2. The van der Waals surface area contributed by atoms with E-state index in [-0.39, 0.29) is 11.3 Å². The molecule has 2 rings (SSSR count). The summed E-state index contributed by atoms with van der Waals surface area (Å²) in [6, 6.07) is 3.80. The number of carbonyl (C=O) groups is 1. The smallest absolute Gasteiger partial charge is 0.263 e. The second kappa shape index (κ2) is 4.99. The summed E-state index contributed by atoms with van der Waals surface area (Å²) in [6.45, 7) is 1.64. The van der Waals surface area contributed by atoms with Gasteiger partial charge in [0.1, 0.15) is 0 Å². The Morgan fingerprint density at radius 3 is 3.07 bits per heavy atom. The van der Waals surface area contributed by atoms with Crippen molar-refractivity contribution in [2.45, 2.75) is 24.6 Å². The predicted molar refractivity (Wildman–Crippen MR) is 63.7 cm³/mol. The lowest BCUT2D eigenvalue weighted by Gasteiger charge is -2.19. The van der Waals surface area contributed by atoms with E-state index in [0.717, 1.165) is 37.2 Å². The van der Waals surface area contributed by atoms with Gasteiger partial charge in [-0.1, -0.05) is 6.07 Å². The average molecular weight is 244 g/mol. The first kappa shape index (κ1) is 11.0. The largest absolute Gasteiger partial charge is 0.338 e. The van der Waals surface area contributed by atoms with Crippen molar-refractivity contribution in [2.75, 3.05) is 13.1 Å². The summed E-state index contributed by atoms with van der Waals surface area (Å²) in [7, 11) is 0. The monoisotopic (exact) mass is 243 g/mol. The van der Waals surface area contributed by atoms with E-state index in [2.05, 4.69) is 0 Å². The maximum absolute atomic E-state index is 12.0. The number of thiophene rings is 1. The number of carbonyl (C=O) groups excluding carboxylic acids is 1. The van der Waals surface area contributed by atoms with Gasteiger partial charge in [-0.3, -0.25) is 4.79 Å². The van der Waals surface area contributed by atoms with Crippen molar-refractivity contribution in [3.8, 4) is 0 Å². The molecule has 1 saturated heterocycles. The fourth-order valence-electron chi connectivity index (χ4n) is 1.81. The van der Waals surface area contributed by atoms with Gasteiger partial charge >= 0.3 is 0 Å². The fourth-order valence-corrected chi connectivity index (χ4v) is 2.76. The van der Waals surface area contributed by atoms with Crippen LogP contribution in [0.25, 0.3) is 0 Å². The van der Waals surface area contributed by atoms with Gasteiger partial charge in [-0.25, -0.2) is 0 Å². The van der Waals surface area contributed by atoms with Crippen LogP contribution in [0.15, 0.2) is 17.5 Å². The van der Waals surface area contributed by atoms with Gasteiger partial charge in [-0.05, 0) is 30.7 Å². The molecule has 0 aromatic carbocycles. The molecular formula is C11H14ClNOS. The van der Waals surface area contributed by atoms with Gasteiger partial charge in [0.05, 0.1) is 4.88 Å². The maximum Gasteiger partial charge on any atom is 0.263 e. The van der Waals surface area contributed by atoms with E-state index in [4.69, 9.17) is 11.6 Å². The van der Waals surface area contributed by atoms with Crippen LogP contribution in [0, 0.1) is 0 Å². The highest BCUT2D eigenvalue weighted by Crippen LogP contribution is 2.19. The van der Waals surface area contributed by atoms with E-state index < -0.39 is 0 Å². The van der Waals surface area contributed by atoms with Gasteiger partial charge in [0.15, 0.2) is 0 Å². The van der Waals surface area contributed by atoms with Crippen LogP contribution in [0.4, 0.5) is 0 Å². The van der Waals surface area contributed by atoms with E-state index in [1.54, 1.807) is 0 Å². The molecule has 0 bridgehead atoms. The van der Waals surface area contributed by atoms with Crippen LogP contribution in [-0.2, 0) is 0 Å². The Balaban J connectivity index is 2.01. The zero-order valence-electron chi connectivity index (χ0n) is 8.49. The molecule has 15 heavy (non-hydrogen) atoms. The van der Waals surface area contributed by atoms with Crippen molar-refractivity contribution in [3.05, 3.63) is 22.4 Å². The summed E-state index contributed by atoms with van der Waals surface area (Å²) in [4.78, 5) is 14.8. The van der Waals surface area contributed by atoms with Crippen LogP contribution in [0.5, 0.6) is 0 Å². The summed E-state index contributed by atoms with van der Waals surface area (Å²) < 4.78 is 0. The number of rotatable bonds is 1. The average Bonchev–Trinajstić information content (AvgIpc) is 2.67. The van der Waals surface area contributed by atoms with E-state index in [9.17, 15) is 4.79 Å². The predicted octanol–water partition coefficient (Wildman–Crippen LogP) is 2.98. The zero-order valence-corrected chi connectivity index (χ0v) is 10.1. The molecule has 82 valence electrons. The molecule has 4 heteroatoms. The number of nitrogens with zero attached hydrogens (tertiary/aromatic N) is 1. The second-order valence-electron chi connectivity index (χ2n) is 3.80. The van der Waals surface area contributed by atoms with Gasteiger partial charge in [0, 0.05) is 18.5 Å². The van der Waals surface area contributed by atoms with E-state index >= 15 is 0 Å². The van der Waals surface area contributed by atoms with Gasteiger partial charge in [-0.15, -0.1) is 22.9 Å². The highest BCUT2D eigenvalue weighted by atomic mass is 35.5. The Kier molecular flexibility index (Phi) is 3.65. The number of likely N-dealkylation sites (tertiary alicyclic amines) is 1. The third-order valence-electron chi connectivity index (χ3n) is 2.68. The molecule has 0 saturated carbocycles. The standard InChI is InChI=1S/C11H14ClNOS/c12-9-3-1-6-13(7-5-9)11(14)10-4-2-8-15-10/h2,4,8-9H,1,3,5-7H2. The van der Waals surface area contributed by atoms with Crippen LogP contribution in [0.2, 0.25) is 0 Å². The summed E-state index contributed by atoms with van der Waals surface area (Å²) >= 11 is 7.59. The minimum absolute atomic E-state index is 0.163. The molecule has 2 heterocycles. The quantitative estimate of drug-likeness (QED) is 0.695. The van der Waals surface area contributed by atoms with Gasteiger partial charge in [-0.2, -0.15) is 0 Å². The van der Waals surface area contributed by atoms with E-state index in [1.807, 2.05) is 22.4 Å². The number of hydrogen-bond donors (Lipinski definition) is 0. The summed E-state index contributed by atoms with van der Waals surface area (Å²) in [6.07, 6.45) is 2.96. The molecule has 0 aliphatic carbocycles.